The maximum atomic E-state index is 6.02. The summed E-state index contributed by atoms with van der Waals surface area (Å²) in [5.41, 5.74) is 3.90. The van der Waals surface area contributed by atoms with Gasteiger partial charge in [0.15, 0.2) is 0 Å². The van der Waals surface area contributed by atoms with E-state index in [1.165, 1.54) is 0 Å². The number of rotatable bonds is 6. The minimum atomic E-state index is 0.259. The number of nitrogens with one attached hydrogen (secondary N) is 1. The molecule has 1 aromatic heterocycles. The number of hydrogen-bond acceptors (Lipinski definition) is 4. The second-order valence-electron chi connectivity index (χ2n) is 3.19. The average molecular weight is 246 g/mol. The molecule has 3 N–H and O–H groups in total. The van der Waals surface area contributed by atoms with Crippen molar-refractivity contribution < 1.29 is 0 Å². The van der Waals surface area contributed by atoms with E-state index in [-0.39, 0.29) is 6.04 Å². The van der Waals surface area contributed by atoms with Gasteiger partial charge in [-0.1, -0.05) is 18.5 Å². The molecule has 0 aromatic carbocycles. The standard InChI is InChI=1S/C10H16ClN3S/c1-2-15-7-9(14-12)5-8-3-4-13-6-10(8)11/h3-4,6,9,14H,2,5,7,12H2,1H3. The van der Waals surface area contributed by atoms with Gasteiger partial charge in [0.2, 0.25) is 0 Å². The molecule has 0 amide bonds. The van der Waals surface area contributed by atoms with Gasteiger partial charge in [-0.3, -0.25) is 16.3 Å². The lowest BCUT2D eigenvalue weighted by molar-refractivity contribution is 0.575. The number of aromatic nitrogens is 1. The highest BCUT2D eigenvalue weighted by Gasteiger charge is 2.09. The van der Waals surface area contributed by atoms with Crippen molar-refractivity contribution in [2.75, 3.05) is 11.5 Å². The molecule has 0 radical (unpaired) electrons. The van der Waals surface area contributed by atoms with Crippen LogP contribution in [0.4, 0.5) is 0 Å². The maximum absolute atomic E-state index is 6.02. The van der Waals surface area contributed by atoms with Gasteiger partial charge in [-0.2, -0.15) is 11.8 Å². The fourth-order valence-electron chi connectivity index (χ4n) is 1.26. The molecule has 84 valence electrons. The normalized spacial score (nSPS) is 12.7. The number of halogens is 1. The van der Waals surface area contributed by atoms with E-state index in [1.54, 1.807) is 12.4 Å². The molecular formula is C10H16ClN3S. The summed E-state index contributed by atoms with van der Waals surface area (Å²) in [7, 11) is 0. The number of nitrogens with two attached hydrogens (primary N) is 1. The quantitative estimate of drug-likeness (QED) is 0.594. The lowest BCUT2D eigenvalue weighted by atomic mass is 10.1. The van der Waals surface area contributed by atoms with Crippen LogP contribution >= 0.6 is 23.4 Å². The summed E-state index contributed by atoms with van der Waals surface area (Å²) in [5, 5.41) is 0.708. The Morgan fingerprint density at radius 2 is 2.47 bits per heavy atom. The summed E-state index contributed by atoms with van der Waals surface area (Å²) in [6.07, 6.45) is 4.25. The first-order valence-corrected chi connectivity index (χ1v) is 6.43. The van der Waals surface area contributed by atoms with Crippen LogP contribution in [0.25, 0.3) is 0 Å². The topological polar surface area (TPSA) is 50.9 Å². The molecule has 5 heteroatoms. The van der Waals surface area contributed by atoms with E-state index >= 15 is 0 Å². The van der Waals surface area contributed by atoms with E-state index in [0.717, 1.165) is 23.5 Å². The van der Waals surface area contributed by atoms with Crippen LogP contribution < -0.4 is 11.3 Å². The molecule has 0 aliphatic carbocycles. The summed E-state index contributed by atoms with van der Waals surface area (Å²) in [4.78, 5) is 3.95. The molecule has 1 aromatic rings. The molecule has 1 unspecified atom stereocenters. The summed E-state index contributed by atoms with van der Waals surface area (Å²) in [6, 6.07) is 2.19. The maximum Gasteiger partial charge on any atom is 0.0621 e. The molecule has 1 atom stereocenters. The second-order valence-corrected chi connectivity index (χ2v) is 4.92. The molecular weight excluding hydrogens is 230 g/mol. The summed E-state index contributed by atoms with van der Waals surface area (Å²) >= 11 is 7.89. The van der Waals surface area contributed by atoms with Gasteiger partial charge in [-0.15, -0.1) is 0 Å². The molecule has 0 saturated carbocycles. The zero-order valence-electron chi connectivity index (χ0n) is 8.74. The van der Waals surface area contributed by atoms with Gasteiger partial charge < -0.3 is 0 Å². The number of hydrogen-bond donors (Lipinski definition) is 2. The van der Waals surface area contributed by atoms with Crippen LogP contribution in [0.5, 0.6) is 0 Å². The molecule has 0 spiro atoms. The van der Waals surface area contributed by atoms with Gasteiger partial charge in [-0.05, 0) is 23.8 Å². The highest BCUT2D eigenvalue weighted by molar-refractivity contribution is 7.99. The Morgan fingerprint density at radius 1 is 1.67 bits per heavy atom. The van der Waals surface area contributed by atoms with Crippen LogP contribution in [0.1, 0.15) is 12.5 Å². The summed E-state index contributed by atoms with van der Waals surface area (Å²) in [6.45, 7) is 2.14. The molecule has 0 bridgehead atoms. The molecule has 0 saturated heterocycles. The predicted molar refractivity (Wildman–Crippen MR) is 67.1 cm³/mol. The minimum absolute atomic E-state index is 0.259. The van der Waals surface area contributed by atoms with Gasteiger partial charge in [0, 0.05) is 24.2 Å². The van der Waals surface area contributed by atoms with Crippen LogP contribution in [0.2, 0.25) is 5.02 Å². The van der Waals surface area contributed by atoms with Gasteiger partial charge in [0.1, 0.15) is 0 Å². The smallest absolute Gasteiger partial charge is 0.0621 e. The molecule has 15 heavy (non-hydrogen) atoms. The van der Waals surface area contributed by atoms with Crippen LogP contribution in [0, 0.1) is 0 Å². The Balaban J connectivity index is 2.54. The Labute approximate surface area is 99.8 Å². The third-order valence-electron chi connectivity index (χ3n) is 2.08. The molecule has 0 aliphatic rings. The lowest BCUT2D eigenvalue weighted by Crippen LogP contribution is -2.38. The van der Waals surface area contributed by atoms with Crippen molar-refractivity contribution in [3.8, 4) is 0 Å². The van der Waals surface area contributed by atoms with Crippen molar-refractivity contribution in [2.24, 2.45) is 5.84 Å². The molecule has 1 rings (SSSR count). The highest BCUT2D eigenvalue weighted by Crippen LogP contribution is 2.16. The Kier molecular flexibility index (Phi) is 6.02. The predicted octanol–water partition coefficient (Wildman–Crippen LogP) is 1.86. The summed E-state index contributed by atoms with van der Waals surface area (Å²) < 4.78 is 0. The van der Waals surface area contributed by atoms with Crippen molar-refractivity contribution in [1.82, 2.24) is 10.4 Å². The van der Waals surface area contributed by atoms with Crippen LogP contribution in [0.15, 0.2) is 18.5 Å². The molecule has 3 nitrogen and oxygen atoms in total. The Hall–Kier alpha value is -0.290. The van der Waals surface area contributed by atoms with Crippen molar-refractivity contribution in [3.05, 3.63) is 29.0 Å². The molecule has 0 fully saturated rings. The van der Waals surface area contributed by atoms with Crippen molar-refractivity contribution >= 4 is 23.4 Å². The van der Waals surface area contributed by atoms with E-state index in [9.17, 15) is 0 Å². The zero-order chi connectivity index (χ0) is 11.1. The molecule has 1 heterocycles. The zero-order valence-corrected chi connectivity index (χ0v) is 10.3. The van der Waals surface area contributed by atoms with Crippen LogP contribution in [-0.4, -0.2) is 22.5 Å². The third-order valence-corrected chi connectivity index (χ3v) is 3.47. The van der Waals surface area contributed by atoms with E-state index in [2.05, 4.69) is 17.3 Å². The number of hydrazine groups is 1. The van der Waals surface area contributed by atoms with Gasteiger partial charge in [0.25, 0.3) is 0 Å². The van der Waals surface area contributed by atoms with E-state index in [0.29, 0.717) is 5.02 Å². The Morgan fingerprint density at radius 3 is 3.07 bits per heavy atom. The Bertz CT molecular complexity index is 296. The minimum Gasteiger partial charge on any atom is -0.271 e. The monoisotopic (exact) mass is 245 g/mol. The lowest BCUT2D eigenvalue weighted by Gasteiger charge is -2.15. The fourth-order valence-corrected chi connectivity index (χ4v) is 2.19. The number of pyridine rings is 1. The molecule has 0 aliphatic heterocycles. The van der Waals surface area contributed by atoms with Gasteiger partial charge >= 0.3 is 0 Å². The SMILES string of the molecule is CCSCC(Cc1ccncc1Cl)NN. The van der Waals surface area contributed by atoms with Crippen molar-refractivity contribution in [1.29, 1.82) is 0 Å². The van der Waals surface area contributed by atoms with E-state index in [4.69, 9.17) is 17.4 Å². The number of thioether (sulfide) groups is 1. The first-order chi connectivity index (χ1) is 7.27. The third kappa shape index (κ3) is 4.38. The highest BCUT2D eigenvalue weighted by atomic mass is 35.5. The van der Waals surface area contributed by atoms with E-state index < -0.39 is 0 Å². The van der Waals surface area contributed by atoms with Crippen LogP contribution in [-0.2, 0) is 6.42 Å². The van der Waals surface area contributed by atoms with E-state index in [1.807, 2.05) is 17.8 Å². The first kappa shape index (κ1) is 12.8. The fraction of sp³-hybridized carbons (Fsp3) is 0.500. The van der Waals surface area contributed by atoms with Crippen LogP contribution in [0.3, 0.4) is 0 Å². The van der Waals surface area contributed by atoms with Gasteiger partial charge in [-0.25, -0.2) is 0 Å². The first-order valence-electron chi connectivity index (χ1n) is 4.90. The van der Waals surface area contributed by atoms with Gasteiger partial charge in [0.05, 0.1) is 5.02 Å². The van der Waals surface area contributed by atoms with Crippen molar-refractivity contribution in [3.63, 3.8) is 0 Å². The average Bonchev–Trinajstić information content (AvgIpc) is 2.26. The van der Waals surface area contributed by atoms with Crippen molar-refractivity contribution in [2.45, 2.75) is 19.4 Å². The number of nitrogens with zero attached hydrogens (tertiary/aromatic N) is 1. The summed E-state index contributed by atoms with van der Waals surface area (Å²) in [5.74, 6) is 7.58. The second kappa shape index (κ2) is 7.06. The largest absolute Gasteiger partial charge is 0.271 e.